The van der Waals surface area contributed by atoms with Gasteiger partial charge in [-0.3, -0.25) is 5.10 Å². The molecule has 0 aliphatic heterocycles. The molecule has 0 spiro atoms. The first-order chi connectivity index (χ1) is 19.3. The quantitative estimate of drug-likeness (QED) is 0.183. The summed E-state index contributed by atoms with van der Waals surface area (Å²) in [6, 6.07) is 36.6. The van der Waals surface area contributed by atoms with Crippen LogP contribution in [0.4, 0.5) is 0 Å². The number of rotatable bonds is 1. The highest BCUT2D eigenvalue weighted by molar-refractivity contribution is 14.1. The zero-order chi connectivity index (χ0) is 29.3. The van der Waals surface area contributed by atoms with Crippen LogP contribution < -0.4 is 0 Å². The molecule has 2 aromatic heterocycles. The van der Waals surface area contributed by atoms with Crippen LogP contribution in [0.15, 0.2) is 122 Å². The molecule has 6 rings (SSSR count). The lowest BCUT2D eigenvalue weighted by molar-refractivity contribution is 0.911. The van der Waals surface area contributed by atoms with Crippen LogP contribution in [0.25, 0.3) is 27.5 Å². The van der Waals surface area contributed by atoms with Crippen molar-refractivity contribution in [3.8, 4) is 5.69 Å². The van der Waals surface area contributed by atoms with Crippen LogP contribution in [0.3, 0.4) is 0 Å². The van der Waals surface area contributed by atoms with E-state index in [0.29, 0.717) is 0 Å². The molecule has 0 fully saturated rings. The van der Waals surface area contributed by atoms with Gasteiger partial charge in [0, 0.05) is 14.3 Å². The Bertz CT molecular complexity index is 1310. The second-order valence-corrected chi connectivity index (χ2v) is 7.95. The lowest BCUT2D eigenvalue weighted by Crippen LogP contribution is -1.94. The standard InChI is InChI=1S/C13H10N2.C7H6N2.C6H5I.4C2H6/c1-2-7-12(8-3-1)15-13-9-5-4-6-11(13)10-14-15;1-2-4-7-6(3-1)5-8-9-7;7-6-4-2-1-3-5-6;4*1-2/h1-10H;1-5H,(H,8,9);1-5H;4*1-2H3. The van der Waals surface area contributed by atoms with Crippen LogP contribution in [0.5, 0.6) is 0 Å². The minimum absolute atomic E-state index is 1.09. The van der Waals surface area contributed by atoms with Crippen LogP contribution in [0.1, 0.15) is 55.4 Å². The molecule has 6 aromatic rings. The number of halogens is 1. The van der Waals surface area contributed by atoms with Gasteiger partial charge in [-0.1, -0.05) is 128 Å². The van der Waals surface area contributed by atoms with Crippen LogP contribution in [-0.4, -0.2) is 20.0 Å². The highest BCUT2D eigenvalue weighted by Crippen LogP contribution is 2.17. The van der Waals surface area contributed by atoms with Gasteiger partial charge in [0.1, 0.15) is 0 Å². The fraction of sp³-hybridized carbons (Fsp3) is 0.235. The molecule has 0 amide bonds. The Labute approximate surface area is 249 Å². The molecule has 1 N–H and O–H groups in total. The Hall–Kier alpha value is -3.45. The summed E-state index contributed by atoms with van der Waals surface area (Å²) in [5.41, 5.74) is 3.33. The molecule has 5 heteroatoms. The molecule has 208 valence electrons. The van der Waals surface area contributed by atoms with Crippen molar-refractivity contribution in [3.05, 3.63) is 125 Å². The predicted molar refractivity (Wildman–Crippen MR) is 182 cm³/mol. The number of nitrogens with one attached hydrogen (secondary N) is 1. The van der Waals surface area contributed by atoms with Gasteiger partial charge in [-0.05, 0) is 59.0 Å². The van der Waals surface area contributed by atoms with Crippen molar-refractivity contribution in [1.82, 2.24) is 20.0 Å². The Kier molecular flexibility index (Phi) is 21.6. The largest absolute Gasteiger partial charge is 0.278 e. The number of para-hydroxylation sites is 3. The Morgan fingerprint density at radius 3 is 1.56 bits per heavy atom. The maximum atomic E-state index is 4.38. The van der Waals surface area contributed by atoms with E-state index in [9.17, 15) is 0 Å². The maximum absolute atomic E-state index is 4.38. The number of nitrogens with zero attached hydrogens (tertiary/aromatic N) is 3. The number of fused-ring (bicyclic) bond motifs is 2. The normalized spacial score (nSPS) is 8.64. The zero-order valence-electron chi connectivity index (χ0n) is 24.8. The summed E-state index contributed by atoms with van der Waals surface area (Å²) in [7, 11) is 0. The van der Waals surface area contributed by atoms with Crippen LogP contribution in [-0.2, 0) is 0 Å². The summed E-state index contributed by atoms with van der Waals surface area (Å²) in [5, 5.41) is 13.5. The van der Waals surface area contributed by atoms with Crippen molar-refractivity contribution < 1.29 is 0 Å². The van der Waals surface area contributed by atoms with E-state index in [2.05, 4.69) is 74.3 Å². The number of hydrogen-bond acceptors (Lipinski definition) is 2. The van der Waals surface area contributed by atoms with E-state index in [1.807, 2.05) is 145 Å². The van der Waals surface area contributed by atoms with Gasteiger partial charge in [0.15, 0.2) is 0 Å². The second-order valence-electron chi connectivity index (χ2n) is 6.70. The summed E-state index contributed by atoms with van der Waals surface area (Å²) in [6.45, 7) is 16.0. The van der Waals surface area contributed by atoms with Gasteiger partial charge in [0.25, 0.3) is 0 Å². The van der Waals surface area contributed by atoms with Crippen molar-refractivity contribution in [3.63, 3.8) is 0 Å². The molecule has 0 atom stereocenters. The topological polar surface area (TPSA) is 46.5 Å². The molecule has 0 saturated heterocycles. The first kappa shape index (κ1) is 35.5. The molecule has 0 radical (unpaired) electrons. The Morgan fingerprint density at radius 2 is 1.03 bits per heavy atom. The number of aromatic nitrogens is 4. The number of hydrogen-bond donors (Lipinski definition) is 1. The maximum Gasteiger partial charge on any atom is 0.0741 e. The van der Waals surface area contributed by atoms with Gasteiger partial charge < -0.3 is 0 Å². The zero-order valence-corrected chi connectivity index (χ0v) is 26.9. The van der Waals surface area contributed by atoms with E-state index in [0.717, 1.165) is 22.1 Å². The van der Waals surface area contributed by atoms with Gasteiger partial charge in [0.05, 0.1) is 29.1 Å². The third kappa shape index (κ3) is 12.8. The highest BCUT2D eigenvalue weighted by Gasteiger charge is 2.02. The fourth-order valence-corrected chi connectivity index (χ4v) is 3.46. The van der Waals surface area contributed by atoms with Gasteiger partial charge in [-0.15, -0.1) is 0 Å². The molecule has 0 aliphatic carbocycles. The minimum atomic E-state index is 1.09. The van der Waals surface area contributed by atoms with Crippen molar-refractivity contribution in [2.45, 2.75) is 55.4 Å². The Balaban J connectivity index is 0.000000520. The van der Waals surface area contributed by atoms with Crippen LogP contribution in [0, 0.1) is 3.57 Å². The van der Waals surface area contributed by atoms with Crippen molar-refractivity contribution in [1.29, 1.82) is 0 Å². The molecule has 4 aromatic carbocycles. The average molecular weight is 637 g/mol. The lowest BCUT2D eigenvalue weighted by Gasteiger charge is -2.01. The SMILES string of the molecule is CC.CC.CC.CC.Ic1ccccc1.c1ccc(-n2ncc3ccccc32)cc1.c1ccc2[nH]ncc2c1. The van der Waals surface area contributed by atoms with E-state index in [1.165, 1.54) is 8.96 Å². The first-order valence-corrected chi connectivity index (χ1v) is 15.0. The molecule has 0 aliphatic rings. The van der Waals surface area contributed by atoms with E-state index in [1.54, 1.807) is 0 Å². The number of aromatic amines is 1. The van der Waals surface area contributed by atoms with Gasteiger partial charge in [0.2, 0.25) is 0 Å². The van der Waals surface area contributed by atoms with Crippen LogP contribution >= 0.6 is 22.6 Å². The van der Waals surface area contributed by atoms with Gasteiger partial charge >= 0.3 is 0 Å². The average Bonchev–Trinajstić information content (AvgIpc) is 3.70. The number of H-pyrrole nitrogens is 1. The lowest BCUT2D eigenvalue weighted by atomic mass is 10.2. The predicted octanol–water partition coefficient (Wildman–Crippen LogP) is 11.0. The Morgan fingerprint density at radius 1 is 0.538 bits per heavy atom. The van der Waals surface area contributed by atoms with Crippen molar-refractivity contribution >= 4 is 44.4 Å². The van der Waals surface area contributed by atoms with Gasteiger partial charge in [-0.25, -0.2) is 4.68 Å². The monoisotopic (exact) mass is 636 g/mol. The summed E-state index contributed by atoms with van der Waals surface area (Å²) in [6.07, 6.45) is 3.71. The van der Waals surface area contributed by atoms with Crippen molar-refractivity contribution in [2.75, 3.05) is 0 Å². The van der Waals surface area contributed by atoms with Crippen LogP contribution in [0.2, 0.25) is 0 Å². The van der Waals surface area contributed by atoms with E-state index < -0.39 is 0 Å². The molecule has 4 nitrogen and oxygen atoms in total. The molecular formula is C34H45IN4. The number of benzene rings is 4. The smallest absolute Gasteiger partial charge is 0.0741 e. The van der Waals surface area contributed by atoms with Gasteiger partial charge in [-0.2, -0.15) is 10.2 Å². The molecule has 0 bridgehead atoms. The second kappa shape index (κ2) is 23.7. The summed E-state index contributed by atoms with van der Waals surface area (Å²) >= 11 is 2.28. The molecular weight excluding hydrogens is 591 g/mol. The third-order valence-corrected chi connectivity index (χ3v) is 5.28. The fourth-order valence-electron chi connectivity index (χ4n) is 3.04. The molecule has 0 unspecified atom stereocenters. The van der Waals surface area contributed by atoms with E-state index in [4.69, 9.17) is 0 Å². The highest BCUT2D eigenvalue weighted by atomic mass is 127. The van der Waals surface area contributed by atoms with E-state index in [-0.39, 0.29) is 0 Å². The summed E-state index contributed by atoms with van der Waals surface area (Å²) in [4.78, 5) is 0. The third-order valence-electron chi connectivity index (χ3n) is 4.56. The van der Waals surface area contributed by atoms with E-state index >= 15 is 0 Å². The first-order valence-electron chi connectivity index (χ1n) is 13.9. The summed E-state index contributed by atoms with van der Waals surface area (Å²) in [5.74, 6) is 0. The molecule has 0 saturated carbocycles. The molecule has 39 heavy (non-hydrogen) atoms. The van der Waals surface area contributed by atoms with Crippen molar-refractivity contribution in [2.24, 2.45) is 0 Å². The molecule has 2 heterocycles. The minimum Gasteiger partial charge on any atom is -0.278 e. The summed E-state index contributed by atoms with van der Waals surface area (Å²) < 4.78 is 3.25.